The third-order valence-electron chi connectivity index (χ3n) is 3.18. The second-order valence-corrected chi connectivity index (χ2v) is 4.71. The van der Waals surface area contributed by atoms with Gasteiger partial charge in [-0.25, -0.2) is 9.97 Å². The largest absolute Gasteiger partial charge is 0.345 e. The van der Waals surface area contributed by atoms with E-state index in [0.29, 0.717) is 12.2 Å². The van der Waals surface area contributed by atoms with Crippen LogP contribution in [-0.4, -0.2) is 35.8 Å². The second-order valence-electron chi connectivity index (χ2n) is 4.71. The van der Waals surface area contributed by atoms with Crippen LogP contribution in [0.4, 0.5) is 0 Å². The van der Waals surface area contributed by atoms with Gasteiger partial charge in [0.2, 0.25) is 23.4 Å². The molecule has 3 aromatic heterocycles. The SMILES string of the molecule is CC[C@H](C(=O)NCc1nc(-c2ncccn2)no1)n1cccn1. The minimum absolute atomic E-state index is 0.135. The number of hydrogen-bond donors (Lipinski definition) is 1. The molecule has 1 amide bonds. The van der Waals surface area contributed by atoms with Crippen molar-refractivity contribution in [1.82, 2.24) is 35.2 Å². The van der Waals surface area contributed by atoms with Gasteiger partial charge in [0, 0.05) is 24.8 Å². The maximum atomic E-state index is 12.2. The molecular formula is C14H15N7O2. The number of hydrogen-bond acceptors (Lipinski definition) is 7. The van der Waals surface area contributed by atoms with Crippen LogP contribution in [0.2, 0.25) is 0 Å². The molecule has 0 aromatic carbocycles. The molecule has 3 heterocycles. The maximum Gasteiger partial charge on any atom is 0.246 e. The van der Waals surface area contributed by atoms with Crippen molar-refractivity contribution >= 4 is 5.91 Å². The van der Waals surface area contributed by atoms with Crippen LogP contribution in [0.5, 0.6) is 0 Å². The van der Waals surface area contributed by atoms with E-state index in [2.05, 4.69) is 30.5 Å². The number of nitrogens with one attached hydrogen (secondary N) is 1. The number of rotatable bonds is 6. The topological polar surface area (TPSA) is 112 Å². The van der Waals surface area contributed by atoms with Crippen molar-refractivity contribution in [2.45, 2.75) is 25.9 Å². The molecule has 0 aliphatic carbocycles. The molecule has 0 saturated heterocycles. The number of amides is 1. The Hall–Kier alpha value is -3.10. The van der Waals surface area contributed by atoms with Gasteiger partial charge in [-0.05, 0) is 18.6 Å². The highest BCUT2D eigenvalue weighted by Crippen LogP contribution is 2.11. The summed E-state index contributed by atoms with van der Waals surface area (Å²) in [7, 11) is 0. The highest BCUT2D eigenvalue weighted by atomic mass is 16.5. The fourth-order valence-corrected chi connectivity index (χ4v) is 2.07. The van der Waals surface area contributed by atoms with E-state index in [0.717, 1.165) is 0 Å². The lowest BCUT2D eigenvalue weighted by Gasteiger charge is -2.14. The monoisotopic (exact) mass is 313 g/mol. The summed E-state index contributed by atoms with van der Waals surface area (Å²) in [6.45, 7) is 2.06. The normalized spacial score (nSPS) is 12.0. The minimum atomic E-state index is -0.371. The standard InChI is InChI=1S/C14H15N7O2/c1-2-10(21-8-4-7-18-21)14(22)17-9-11-19-13(20-23-11)12-15-5-3-6-16-12/h3-8,10H,2,9H2,1H3,(H,17,22)/t10-/m1/s1. The van der Waals surface area contributed by atoms with Crippen molar-refractivity contribution in [3.63, 3.8) is 0 Å². The predicted molar refractivity (Wildman–Crippen MR) is 78.7 cm³/mol. The van der Waals surface area contributed by atoms with Crippen molar-refractivity contribution in [1.29, 1.82) is 0 Å². The van der Waals surface area contributed by atoms with Crippen molar-refractivity contribution in [3.05, 3.63) is 42.8 Å². The lowest BCUT2D eigenvalue weighted by molar-refractivity contribution is -0.125. The molecule has 9 nitrogen and oxygen atoms in total. The van der Waals surface area contributed by atoms with Crippen LogP contribution in [0, 0.1) is 0 Å². The average molecular weight is 313 g/mol. The Morgan fingerprint density at radius 2 is 2.09 bits per heavy atom. The van der Waals surface area contributed by atoms with E-state index in [-0.39, 0.29) is 30.2 Å². The van der Waals surface area contributed by atoms with E-state index in [1.165, 1.54) is 0 Å². The van der Waals surface area contributed by atoms with Crippen LogP contribution >= 0.6 is 0 Å². The Morgan fingerprint density at radius 3 is 2.78 bits per heavy atom. The Morgan fingerprint density at radius 1 is 1.26 bits per heavy atom. The van der Waals surface area contributed by atoms with Crippen LogP contribution < -0.4 is 5.32 Å². The van der Waals surface area contributed by atoms with Gasteiger partial charge in [-0.1, -0.05) is 12.1 Å². The molecule has 9 heteroatoms. The summed E-state index contributed by atoms with van der Waals surface area (Å²) < 4.78 is 6.71. The lowest BCUT2D eigenvalue weighted by Crippen LogP contribution is -2.32. The number of nitrogens with zero attached hydrogens (tertiary/aromatic N) is 6. The molecule has 3 rings (SSSR count). The highest BCUT2D eigenvalue weighted by Gasteiger charge is 2.19. The van der Waals surface area contributed by atoms with Crippen LogP contribution in [0.15, 0.2) is 41.4 Å². The Bertz CT molecular complexity index is 755. The highest BCUT2D eigenvalue weighted by molar-refractivity contribution is 5.79. The Labute approximate surface area is 131 Å². The summed E-state index contributed by atoms with van der Waals surface area (Å²) >= 11 is 0. The summed E-state index contributed by atoms with van der Waals surface area (Å²) in [5.41, 5.74) is 0. The van der Waals surface area contributed by atoms with Gasteiger partial charge in [0.15, 0.2) is 0 Å². The molecule has 0 aliphatic heterocycles. The summed E-state index contributed by atoms with van der Waals surface area (Å²) in [5.74, 6) is 0.786. The minimum Gasteiger partial charge on any atom is -0.345 e. The van der Waals surface area contributed by atoms with E-state index in [1.807, 2.05) is 6.92 Å². The van der Waals surface area contributed by atoms with Gasteiger partial charge in [-0.2, -0.15) is 10.1 Å². The van der Waals surface area contributed by atoms with Crippen LogP contribution in [0.1, 0.15) is 25.3 Å². The van der Waals surface area contributed by atoms with E-state index < -0.39 is 0 Å². The fourth-order valence-electron chi connectivity index (χ4n) is 2.07. The summed E-state index contributed by atoms with van der Waals surface area (Å²) in [6, 6.07) is 3.11. The van der Waals surface area contributed by atoms with E-state index in [4.69, 9.17) is 4.52 Å². The first-order valence-electron chi connectivity index (χ1n) is 7.14. The van der Waals surface area contributed by atoms with Crippen LogP contribution in [-0.2, 0) is 11.3 Å². The molecule has 1 atom stereocenters. The molecule has 1 N–H and O–H groups in total. The summed E-state index contributed by atoms with van der Waals surface area (Å²) in [5, 5.41) is 10.7. The summed E-state index contributed by atoms with van der Waals surface area (Å²) in [6.07, 6.45) is 7.21. The zero-order chi connectivity index (χ0) is 16.1. The molecular weight excluding hydrogens is 298 g/mol. The summed E-state index contributed by atoms with van der Waals surface area (Å²) in [4.78, 5) is 24.5. The van der Waals surface area contributed by atoms with Crippen molar-refractivity contribution in [2.24, 2.45) is 0 Å². The third kappa shape index (κ3) is 3.39. The molecule has 0 spiro atoms. The molecule has 0 radical (unpaired) electrons. The molecule has 0 saturated carbocycles. The molecule has 23 heavy (non-hydrogen) atoms. The van der Waals surface area contributed by atoms with Crippen molar-refractivity contribution in [2.75, 3.05) is 0 Å². The van der Waals surface area contributed by atoms with Gasteiger partial charge in [0.1, 0.15) is 6.04 Å². The first-order chi connectivity index (χ1) is 11.3. The fraction of sp³-hybridized carbons (Fsp3) is 0.286. The van der Waals surface area contributed by atoms with Crippen molar-refractivity contribution in [3.8, 4) is 11.6 Å². The van der Waals surface area contributed by atoms with Gasteiger partial charge < -0.3 is 9.84 Å². The molecule has 118 valence electrons. The predicted octanol–water partition coefficient (Wildman–Crippen LogP) is 0.991. The number of carbonyl (C=O) groups excluding carboxylic acids is 1. The van der Waals surface area contributed by atoms with Crippen molar-refractivity contribution < 1.29 is 9.32 Å². The lowest BCUT2D eigenvalue weighted by atomic mass is 10.2. The first-order valence-corrected chi connectivity index (χ1v) is 7.14. The molecule has 0 aliphatic rings. The van der Waals surface area contributed by atoms with E-state index in [1.54, 1.807) is 41.6 Å². The Balaban J connectivity index is 1.62. The maximum absolute atomic E-state index is 12.2. The number of carbonyl (C=O) groups is 1. The quantitative estimate of drug-likeness (QED) is 0.722. The zero-order valence-corrected chi connectivity index (χ0v) is 12.5. The number of aromatic nitrogens is 6. The van der Waals surface area contributed by atoms with Crippen LogP contribution in [0.3, 0.4) is 0 Å². The second kappa shape index (κ2) is 6.77. The van der Waals surface area contributed by atoms with Gasteiger partial charge in [0.05, 0.1) is 6.54 Å². The average Bonchev–Trinajstić information content (AvgIpc) is 3.26. The first kappa shape index (κ1) is 14.8. The Kier molecular flexibility index (Phi) is 4.37. The molecule has 0 bridgehead atoms. The zero-order valence-electron chi connectivity index (χ0n) is 12.5. The smallest absolute Gasteiger partial charge is 0.246 e. The molecule has 0 unspecified atom stereocenters. The van der Waals surface area contributed by atoms with Gasteiger partial charge >= 0.3 is 0 Å². The third-order valence-corrected chi connectivity index (χ3v) is 3.18. The van der Waals surface area contributed by atoms with Gasteiger partial charge in [0.25, 0.3) is 0 Å². The van der Waals surface area contributed by atoms with E-state index >= 15 is 0 Å². The van der Waals surface area contributed by atoms with E-state index in [9.17, 15) is 4.79 Å². The molecule has 0 fully saturated rings. The van der Waals surface area contributed by atoms with Gasteiger partial charge in [-0.3, -0.25) is 9.48 Å². The molecule has 3 aromatic rings. The van der Waals surface area contributed by atoms with Gasteiger partial charge in [-0.15, -0.1) is 0 Å². The van der Waals surface area contributed by atoms with Crippen LogP contribution in [0.25, 0.3) is 11.6 Å².